The van der Waals surface area contributed by atoms with Crippen LogP contribution in [0, 0.1) is 0 Å². The van der Waals surface area contributed by atoms with Crippen LogP contribution in [0.25, 0.3) is 11.1 Å². The first-order valence-corrected chi connectivity index (χ1v) is 8.47. The third-order valence-corrected chi connectivity index (χ3v) is 4.80. The van der Waals surface area contributed by atoms with Crippen LogP contribution >= 0.6 is 0 Å². The van der Waals surface area contributed by atoms with Gasteiger partial charge in [0.15, 0.2) is 5.60 Å². The molecular formula is C20H20F3NO3. The summed E-state index contributed by atoms with van der Waals surface area (Å²) < 4.78 is 43.6. The number of aliphatic hydroxyl groups is 1. The molecule has 2 aromatic carbocycles. The lowest BCUT2D eigenvalue weighted by Crippen LogP contribution is -2.51. The number of hydrogen-bond acceptors (Lipinski definition) is 3. The Balaban J connectivity index is 1.71. The molecule has 0 aliphatic heterocycles. The molecule has 0 spiro atoms. The minimum Gasteiger partial charge on any atom is -0.448 e. The number of likely N-dealkylation sites (N-methyl/N-ethyl adjacent to an activating group) is 1. The van der Waals surface area contributed by atoms with E-state index in [4.69, 9.17) is 4.74 Å². The molecule has 0 fully saturated rings. The molecule has 0 aromatic heterocycles. The largest absolute Gasteiger partial charge is 0.448 e. The highest BCUT2D eigenvalue weighted by Gasteiger charge is 2.51. The van der Waals surface area contributed by atoms with Crippen molar-refractivity contribution in [3.8, 4) is 11.1 Å². The van der Waals surface area contributed by atoms with Crippen molar-refractivity contribution >= 4 is 6.09 Å². The quantitative estimate of drug-likeness (QED) is 0.867. The van der Waals surface area contributed by atoms with Gasteiger partial charge < -0.3 is 14.7 Å². The molecule has 3 rings (SSSR count). The normalized spacial score (nSPS) is 15.6. The van der Waals surface area contributed by atoms with Gasteiger partial charge in [0.25, 0.3) is 0 Å². The molecule has 0 bridgehead atoms. The van der Waals surface area contributed by atoms with Gasteiger partial charge in [0, 0.05) is 13.0 Å². The van der Waals surface area contributed by atoms with E-state index in [2.05, 4.69) is 0 Å². The number of alkyl halides is 3. The minimum absolute atomic E-state index is 0.00532. The van der Waals surface area contributed by atoms with Crippen LogP contribution in [0.3, 0.4) is 0 Å². The number of benzene rings is 2. The average molecular weight is 379 g/mol. The lowest BCUT2D eigenvalue weighted by molar-refractivity contribution is -0.255. The fraction of sp³-hybridized carbons (Fsp3) is 0.350. The third kappa shape index (κ3) is 3.64. The molecule has 0 heterocycles. The first kappa shape index (κ1) is 19.2. The first-order valence-electron chi connectivity index (χ1n) is 8.47. The van der Waals surface area contributed by atoms with Crippen LogP contribution in [-0.2, 0) is 4.74 Å². The van der Waals surface area contributed by atoms with E-state index >= 15 is 0 Å². The summed E-state index contributed by atoms with van der Waals surface area (Å²) in [6.45, 7) is -0.279. The van der Waals surface area contributed by atoms with Crippen molar-refractivity contribution < 1.29 is 27.8 Å². The van der Waals surface area contributed by atoms with Gasteiger partial charge >= 0.3 is 12.3 Å². The molecule has 7 heteroatoms. The van der Waals surface area contributed by atoms with Crippen molar-refractivity contribution in [1.82, 2.24) is 4.90 Å². The van der Waals surface area contributed by atoms with Crippen molar-refractivity contribution in [1.29, 1.82) is 0 Å². The fourth-order valence-corrected chi connectivity index (χ4v) is 3.32. The van der Waals surface area contributed by atoms with Crippen LogP contribution in [0.4, 0.5) is 18.0 Å². The molecule has 1 atom stereocenters. The van der Waals surface area contributed by atoms with E-state index in [1.807, 2.05) is 48.5 Å². The number of carbonyl (C=O) groups is 1. The summed E-state index contributed by atoms with van der Waals surface area (Å²) in [5, 5.41) is 9.54. The van der Waals surface area contributed by atoms with Gasteiger partial charge in [-0.1, -0.05) is 48.5 Å². The summed E-state index contributed by atoms with van der Waals surface area (Å²) in [6.07, 6.45) is -5.76. The Morgan fingerprint density at radius 1 is 1.07 bits per heavy atom. The molecular weight excluding hydrogens is 359 g/mol. The maximum Gasteiger partial charge on any atom is 0.418 e. The van der Waals surface area contributed by atoms with Gasteiger partial charge in [-0.05, 0) is 29.2 Å². The Labute approximate surface area is 155 Å². The lowest BCUT2D eigenvalue weighted by atomic mass is 9.98. The molecule has 1 aliphatic carbocycles. The summed E-state index contributed by atoms with van der Waals surface area (Å²) in [6, 6.07) is 15.5. The maximum atomic E-state index is 12.8. The Bertz CT molecular complexity index is 803. The van der Waals surface area contributed by atoms with Gasteiger partial charge in [-0.3, -0.25) is 0 Å². The van der Waals surface area contributed by atoms with E-state index in [-0.39, 0.29) is 12.5 Å². The highest BCUT2D eigenvalue weighted by molar-refractivity contribution is 5.79. The zero-order valence-corrected chi connectivity index (χ0v) is 15.0. The van der Waals surface area contributed by atoms with E-state index < -0.39 is 24.4 Å². The second-order valence-electron chi connectivity index (χ2n) is 6.93. The molecule has 1 aliphatic rings. The molecule has 1 unspecified atom stereocenters. The predicted molar refractivity (Wildman–Crippen MR) is 94.4 cm³/mol. The summed E-state index contributed by atoms with van der Waals surface area (Å²) in [5.41, 5.74) is 1.13. The van der Waals surface area contributed by atoms with Crippen LogP contribution < -0.4 is 0 Å². The minimum atomic E-state index is -4.84. The zero-order valence-electron chi connectivity index (χ0n) is 15.0. The predicted octanol–water partition coefficient (Wildman–Crippen LogP) is 4.18. The van der Waals surface area contributed by atoms with Gasteiger partial charge in [-0.25, -0.2) is 4.79 Å². The number of nitrogens with zero attached hydrogens (tertiary/aromatic N) is 1. The summed E-state index contributed by atoms with van der Waals surface area (Å²) in [7, 11) is 1.17. The van der Waals surface area contributed by atoms with Crippen LogP contribution in [0.1, 0.15) is 24.0 Å². The Morgan fingerprint density at radius 3 is 2.04 bits per heavy atom. The van der Waals surface area contributed by atoms with Crippen LogP contribution in [-0.4, -0.2) is 48.1 Å². The highest BCUT2D eigenvalue weighted by Crippen LogP contribution is 2.44. The van der Waals surface area contributed by atoms with Crippen molar-refractivity contribution in [3.05, 3.63) is 59.7 Å². The first-order chi connectivity index (χ1) is 12.6. The molecule has 0 saturated carbocycles. The number of rotatable bonds is 4. The zero-order chi connectivity index (χ0) is 19.8. The van der Waals surface area contributed by atoms with E-state index in [1.165, 1.54) is 7.05 Å². The van der Waals surface area contributed by atoms with E-state index in [0.717, 1.165) is 27.2 Å². The summed E-state index contributed by atoms with van der Waals surface area (Å²) in [5.74, 6) is -0.183. The Kier molecular flexibility index (Phi) is 4.90. The molecule has 1 amide bonds. The average Bonchev–Trinajstić information content (AvgIpc) is 2.92. The van der Waals surface area contributed by atoms with Gasteiger partial charge in [-0.15, -0.1) is 0 Å². The lowest BCUT2D eigenvalue weighted by Gasteiger charge is -2.30. The molecule has 0 saturated heterocycles. The Hall–Kier alpha value is -2.54. The van der Waals surface area contributed by atoms with Crippen molar-refractivity contribution in [3.63, 3.8) is 0 Å². The number of amides is 1. The molecule has 0 radical (unpaired) electrons. The second kappa shape index (κ2) is 6.88. The maximum absolute atomic E-state index is 12.8. The van der Waals surface area contributed by atoms with Gasteiger partial charge in [0.05, 0.1) is 6.54 Å². The number of hydrogen-bond donors (Lipinski definition) is 1. The van der Waals surface area contributed by atoms with Gasteiger partial charge in [0.1, 0.15) is 6.61 Å². The van der Waals surface area contributed by atoms with Crippen LogP contribution in [0.5, 0.6) is 0 Å². The van der Waals surface area contributed by atoms with Crippen molar-refractivity contribution in [2.24, 2.45) is 0 Å². The number of ether oxygens (including phenoxy) is 1. The molecule has 1 N–H and O–H groups in total. The molecule has 4 nitrogen and oxygen atoms in total. The summed E-state index contributed by atoms with van der Waals surface area (Å²) in [4.78, 5) is 12.9. The van der Waals surface area contributed by atoms with Gasteiger partial charge in [-0.2, -0.15) is 13.2 Å². The standard InChI is InChI=1S/C20H20F3NO3/c1-19(26,20(21,22)23)12-24(2)18(25)27-11-17-15-9-5-3-7-13(15)14-8-4-6-10-16(14)17/h3-10,17,26H,11-12H2,1-2H3. The molecule has 2 aromatic rings. The van der Waals surface area contributed by atoms with E-state index in [1.54, 1.807) is 0 Å². The Morgan fingerprint density at radius 2 is 1.56 bits per heavy atom. The monoisotopic (exact) mass is 379 g/mol. The number of fused-ring (bicyclic) bond motifs is 3. The smallest absolute Gasteiger partial charge is 0.418 e. The highest BCUT2D eigenvalue weighted by atomic mass is 19.4. The SMILES string of the molecule is CN(CC(C)(O)C(F)(F)F)C(=O)OCC1c2ccccc2-c2ccccc21. The van der Waals surface area contributed by atoms with Crippen molar-refractivity contribution in [2.45, 2.75) is 24.6 Å². The molecule has 144 valence electrons. The fourth-order valence-electron chi connectivity index (χ4n) is 3.32. The molecule has 27 heavy (non-hydrogen) atoms. The van der Waals surface area contributed by atoms with Crippen LogP contribution in [0.2, 0.25) is 0 Å². The third-order valence-electron chi connectivity index (χ3n) is 4.80. The second-order valence-corrected chi connectivity index (χ2v) is 6.93. The van der Waals surface area contributed by atoms with Gasteiger partial charge in [0.2, 0.25) is 0 Å². The van der Waals surface area contributed by atoms with Crippen LogP contribution in [0.15, 0.2) is 48.5 Å². The topological polar surface area (TPSA) is 49.8 Å². The van der Waals surface area contributed by atoms with E-state index in [9.17, 15) is 23.1 Å². The summed E-state index contributed by atoms with van der Waals surface area (Å²) >= 11 is 0. The number of carbonyl (C=O) groups excluding carboxylic acids is 1. The van der Waals surface area contributed by atoms with Crippen molar-refractivity contribution in [2.75, 3.05) is 20.2 Å². The number of halogens is 3. The van der Waals surface area contributed by atoms with E-state index in [0.29, 0.717) is 6.92 Å².